The number of likely N-dealkylation sites (N-methyl/N-ethyl adjacent to an activating group) is 1. The first-order valence-electron chi connectivity index (χ1n) is 15.1. The number of ketones is 1. The second kappa shape index (κ2) is 15.4. The summed E-state index contributed by atoms with van der Waals surface area (Å²) in [5.41, 5.74) is 3.54. The number of azo groups is 1. The van der Waals surface area contributed by atoms with E-state index < -0.39 is 10.4 Å². The Hall–Kier alpha value is -4.77. The second-order valence-corrected chi connectivity index (χ2v) is 13.6. The molecule has 0 spiro atoms. The van der Waals surface area contributed by atoms with Crippen LogP contribution in [0.15, 0.2) is 69.9 Å². The van der Waals surface area contributed by atoms with Crippen molar-refractivity contribution in [1.82, 2.24) is 4.98 Å². The maximum absolute atomic E-state index is 13.6. The topological polar surface area (TPSA) is 175 Å². The summed E-state index contributed by atoms with van der Waals surface area (Å²) in [4.78, 5) is 23.7. The number of anilines is 2. The van der Waals surface area contributed by atoms with Crippen molar-refractivity contribution in [2.75, 3.05) is 70.3 Å². The fourth-order valence-corrected chi connectivity index (χ4v) is 6.14. The number of piperazine rings is 1. The molecule has 0 saturated carbocycles. The first-order chi connectivity index (χ1) is 22.8. The van der Waals surface area contributed by atoms with Gasteiger partial charge in [-0.25, -0.2) is 8.42 Å². The van der Waals surface area contributed by atoms with E-state index in [-0.39, 0.29) is 11.4 Å². The number of fused-ring (bicyclic) bond motifs is 1. The molecule has 48 heavy (non-hydrogen) atoms. The zero-order valence-electron chi connectivity index (χ0n) is 27.4. The molecule has 0 N–H and O–H groups in total. The van der Waals surface area contributed by atoms with Crippen molar-refractivity contribution in [2.45, 2.75) is 13.8 Å². The average molecular weight is 689 g/mol. The van der Waals surface area contributed by atoms with Crippen LogP contribution < -0.4 is 9.80 Å². The van der Waals surface area contributed by atoms with E-state index in [2.05, 4.69) is 52.2 Å². The van der Waals surface area contributed by atoms with E-state index in [0.29, 0.717) is 27.4 Å². The van der Waals surface area contributed by atoms with Crippen LogP contribution in [0.4, 0.5) is 22.3 Å². The number of hydrogen-bond acceptors (Lipinski definition) is 13. The summed E-state index contributed by atoms with van der Waals surface area (Å²) in [5.74, 6) is 0.521. The van der Waals surface area contributed by atoms with Gasteiger partial charge in [0, 0.05) is 35.5 Å². The molecule has 0 atom stereocenters. The Balaban J connectivity index is 0.000000794. The molecule has 13 nitrogen and oxygen atoms in total. The van der Waals surface area contributed by atoms with E-state index in [4.69, 9.17) is 4.98 Å². The van der Waals surface area contributed by atoms with Crippen molar-refractivity contribution >= 4 is 61.5 Å². The van der Waals surface area contributed by atoms with Crippen molar-refractivity contribution in [2.24, 2.45) is 10.2 Å². The van der Waals surface area contributed by atoms with Gasteiger partial charge < -0.3 is 18.8 Å². The molecule has 0 amide bonds. The Morgan fingerprint density at radius 2 is 1.65 bits per heavy atom. The van der Waals surface area contributed by atoms with Crippen molar-refractivity contribution in [3.63, 3.8) is 0 Å². The van der Waals surface area contributed by atoms with Crippen LogP contribution >= 0.6 is 11.3 Å². The van der Waals surface area contributed by atoms with E-state index in [1.54, 1.807) is 30.3 Å². The van der Waals surface area contributed by atoms with Crippen LogP contribution in [0.5, 0.6) is 0 Å². The Bertz CT molecular complexity index is 1920. The van der Waals surface area contributed by atoms with Gasteiger partial charge in [0.25, 0.3) is 0 Å². The molecule has 0 unspecified atom stereocenters. The summed E-state index contributed by atoms with van der Waals surface area (Å²) >= 11 is 1.34. The summed E-state index contributed by atoms with van der Waals surface area (Å²) in [6, 6.07) is 19.0. The number of nitriles is 2. The predicted octanol–water partition coefficient (Wildman–Crippen LogP) is 5.47. The van der Waals surface area contributed by atoms with Crippen molar-refractivity contribution in [1.29, 1.82) is 10.5 Å². The Morgan fingerprint density at radius 1 is 1.06 bits per heavy atom. The fourth-order valence-electron chi connectivity index (χ4n) is 5.29. The number of quaternary nitrogens is 1. The molecule has 1 fully saturated rings. The highest BCUT2D eigenvalue weighted by Crippen LogP contribution is 2.43. The van der Waals surface area contributed by atoms with Gasteiger partial charge in [-0.3, -0.25) is 8.98 Å². The summed E-state index contributed by atoms with van der Waals surface area (Å²) in [6.07, 6.45) is 1.77. The number of allylic oxidation sites excluding steroid dienone is 3. The molecule has 15 heteroatoms. The van der Waals surface area contributed by atoms with Gasteiger partial charge in [-0.15, -0.1) is 10.2 Å². The van der Waals surface area contributed by atoms with Gasteiger partial charge in [-0.1, -0.05) is 35.6 Å². The molecule has 1 saturated heterocycles. The highest BCUT2D eigenvalue weighted by molar-refractivity contribution is 7.80. The van der Waals surface area contributed by atoms with Gasteiger partial charge in [0.15, 0.2) is 5.78 Å². The highest BCUT2D eigenvalue weighted by atomic mass is 32.3. The van der Waals surface area contributed by atoms with Crippen molar-refractivity contribution < 1.29 is 26.4 Å². The SMILES string of the molecule is CCN(CC)c1ccc(N=Nc2nc(N3CC[N+](C)(C)CC3)c(C=C3C(=O)c4ccccc4C3=C(C#N)C#N)s2)cc1.COS(=O)(=O)[O-]. The van der Waals surface area contributed by atoms with Gasteiger partial charge in [0.1, 0.15) is 23.5 Å². The third-order valence-corrected chi connectivity index (χ3v) is 9.29. The van der Waals surface area contributed by atoms with Crippen LogP contribution in [-0.4, -0.2) is 88.7 Å². The van der Waals surface area contributed by atoms with E-state index in [1.807, 2.05) is 36.4 Å². The monoisotopic (exact) mass is 688 g/mol. The molecule has 1 aliphatic heterocycles. The number of hydrogen-bond donors (Lipinski definition) is 0. The molecule has 1 aromatic heterocycles. The minimum absolute atomic E-state index is 0.0873. The van der Waals surface area contributed by atoms with E-state index in [9.17, 15) is 28.3 Å². The molecule has 1 aliphatic carbocycles. The summed E-state index contributed by atoms with van der Waals surface area (Å²) in [6.45, 7) is 9.62. The molecular weight excluding hydrogens is 653 g/mol. The number of aromatic nitrogens is 1. The van der Waals surface area contributed by atoms with E-state index in [0.717, 1.165) is 72.9 Å². The largest absolute Gasteiger partial charge is 0.726 e. The zero-order chi connectivity index (χ0) is 35.1. The zero-order valence-corrected chi connectivity index (χ0v) is 29.0. The number of rotatable bonds is 8. The first-order valence-corrected chi connectivity index (χ1v) is 17.3. The van der Waals surface area contributed by atoms with Gasteiger partial charge in [0.05, 0.1) is 57.9 Å². The maximum Gasteiger partial charge on any atom is 0.232 e. The van der Waals surface area contributed by atoms with Crippen molar-refractivity contribution in [3.05, 3.63) is 75.7 Å². The van der Waals surface area contributed by atoms with Crippen LogP contribution in [0.2, 0.25) is 0 Å². The predicted molar refractivity (Wildman–Crippen MR) is 184 cm³/mol. The molecular formula is C33H36N8O5S2. The number of Topliss-reactive ketones (excluding diaryl/α,β-unsaturated/α-hetero) is 1. The van der Waals surface area contributed by atoms with Crippen LogP contribution in [0.1, 0.15) is 34.6 Å². The highest BCUT2D eigenvalue weighted by Gasteiger charge is 2.34. The van der Waals surface area contributed by atoms with Crippen LogP contribution in [0.3, 0.4) is 0 Å². The number of nitrogens with zero attached hydrogens (tertiary/aromatic N) is 8. The first kappa shape index (κ1) is 36.1. The number of thiazole rings is 1. The molecule has 3 aromatic rings. The van der Waals surface area contributed by atoms with Gasteiger partial charge >= 0.3 is 0 Å². The lowest BCUT2D eigenvalue weighted by Gasteiger charge is -2.39. The molecule has 0 bridgehead atoms. The summed E-state index contributed by atoms with van der Waals surface area (Å²) < 4.78 is 31.9. The van der Waals surface area contributed by atoms with Crippen molar-refractivity contribution in [3.8, 4) is 12.1 Å². The maximum atomic E-state index is 13.6. The Morgan fingerprint density at radius 3 is 2.19 bits per heavy atom. The Kier molecular flexibility index (Phi) is 11.6. The molecule has 2 heterocycles. The second-order valence-electron chi connectivity index (χ2n) is 11.4. The normalized spacial score (nSPS) is 16.2. The molecule has 0 radical (unpaired) electrons. The van der Waals surface area contributed by atoms with Crippen LogP contribution in [-0.2, 0) is 14.6 Å². The Labute approximate surface area is 284 Å². The summed E-state index contributed by atoms with van der Waals surface area (Å²) in [7, 11) is 0.819. The third-order valence-electron chi connectivity index (χ3n) is 8.01. The quantitative estimate of drug-likeness (QED) is 0.0736. The molecule has 2 aromatic carbocycles. The number of benzene rings is 2. The summed E-state index contributed by atoms with van der Waals surface area (Å²) in [5, 5.41) is 28.9. The third kappa shape index (κ3) is 8.57. The number of carbonyl (C=O) groups is 1. The lowest BCUT2D eigenvalue weighted by atomic mass is 9.99. The number of carbonyl (C=O) groups excluding carboxylic acids is 1. The lowest BCUT2D eigenvalue weighted by Crippen LogP contribution is -2.55. The van der Waals surface area contributed by atoms with Crippen LogP contribution in [0.25, 0.3) is 11.6 Å². The smallest absolute Gasteiger partial charge is 0.232 e. The molecule has 2 aliphatic rings. The van der Waals surface area contributed by atoms with Crippen LogP contribution in [0, 0.1) is 22.7 Å². The standard InChI is InChI=1S/C32H33N8OS.CH4O4S/c1-5-38(6-2)24-13-11-23(12-14-24)36-37-32-35-31(39-15-17-40(3,4)18-16-39)28(42-32)19-27-29(22(20-33)21-34)25-9-7-8-10-26(25)30(27)41;1-5-6(2,3)4/h7-14,19H,5-6,15-18H2,1-4H3;1H3,(H,2,3,4)/q+1;/p-1. The molecule has 5 rings (SSSR count). The minimum Gasteiger partial charge on any atom is -0.726 e. The lowest BCUT2D eigenvalue weighted by molar-refractivity contribution is -0.890. The van der Waals surface area contributed by atoms with Gasteiger partial charge in [-0.2, -0.15) is 15.5 Å². The molecule has 250 valence electrons. The fraction of sp³-hybridized carbons (Fsp3) is 0.333. The van der Waals surface area contributed by atoms with Gasteiger partial charge in [-0.05, 0) is 49.8 Å². The van der Waals surface area contributed by atoms with E-state index >= 15 is 0 Å². The van der Waals surface area contributed by atoms with Gasteiger partial charge in [0.2, 0.25) is 15.5 Å². The average Bonchev–Trinajstić information content (AvgIpc) is 3.60. The van der Waals surface area contributed by atoms with E-state index in [1.165, 1.54) is 11.3 Å². The minimum atomic E-state index is -4.41.